The zero-order chi connectivity index (χ0) is 10.1. The highest BCUT2D eigenvalue weighted by Gasteiger charge is 2.06. The molecule has 14 heavy (non-hydrogen) atoms. The fourth-order valence-electron chi connectivity index (χ4n) is 1.27. The highest BCUT2D eigenvalue weighted by molar-refractivity contribution is 7.10. The Morgan fingerprint density at radius 2 is 2.07 bits per heavy atom. The van der Waals surface area contributed by atoms with Crippen LogP contribution < -0.4 is 11.5 Å². The molecule has 2 heterocycles. The topological polar surface area (TPSA) is 77.8 Å². The Morgan fingerprint density at radius 3 is 2.64 bits per heavy atom. The number of thiophene rings is 1. The van der Waals surface area contributed by atoms with Gasteiger partial charge in [0.15, 0.2) is 0 Å². The SMILES string of the molecule is Cc1sccc1-c1cc(N)nc(N)n1. The Kier molecular flexibility index (Phi) is 2.09. The first-order valence-electron chi connectivity index (χ1n) is 4.11. The number of nitrogens with zero attached hydrogens (tertiary/aromatic N) is 2. The van der Waals surface area contributed by atoms with Gasteiger partial charge in [0.05, 0.1) is 5.69 Å². The van der Waals surface area contributed by atoms with Gasteiger partial charge in [0.1, 0.15) is 5.82 Å². The van der Waals surface area contributed by atoms with Gasteiger partial charge in [0, 0.05) is 16.5 Å². The maximum atomic E-state index is 5.59. The van der Waals surface area contributed by atoms with Crippen molar-refractivity contribution in [2.24, 2.45) is 0 Å². The van der Waals surface area contributed by atoms with E-state index in [1.54, 1.807) is 17.4 Å². The summed E-state index contributed by atoms with van der Waals surface area (Å²) in [5, 5.41) is 2.01. The third-order valence-electron chi connectivity index (χ3n) is 1.90. The van der Waals surface area contributed by atoms with Gasteiger partial charge in [-0.15, -0.1) is 11.3 Å². The first-order valence-corrected chi connectivity index (χ1v) is 4.99. The molecule has 0 atom stereocenters. The van der Waals surface area contributed by atoms with E-state index in [1.807, 2.05) is 18.4 Å². The van der Waals surface area contributed by atoms with Crippen molar-refractivity contribution in [1.82, 2.24) is 9.97 Å². The molecule has 0 saturated carbocycles. The average Bonchev–Trinajstić information content (AvgIpc) is 2.49. The van der Waals surface area contributed by atoms with Crippen molar-refractivity contribution in [3.05, 3.63) is 22.4 Å². The molecule has 72 valence electrons. The smallest absolute Gasteiger partial charge is 0.222 e. The summed E-state index contributed by atoms with van der Waals surface area (Å²) in [5.74, 6) is 0.615. The number of nitrogen functional groups attached to an aromatic ring is 2. The van der Waals surface area contributed by atoms with Gasteiger partial charge in [-0.1, -0.05) is 0 Å². The molecule has 0 amide bonds. The summed E-state index contributed by atoms with van der Waals surface area (Å²) in [7, 11) is 0. The molecule has 0 bridgehead atoms. The van der Waals surface area contributed by atoms with Gasteiger partial charge in [0.2, 0.25) is 5.95 Å². The van der Waals surface area contributed by atoms with Crippen molar-refractivity contribution in [2.45, 2.75) is 6.92 Å². The van der Waals surface area contributed by atoms with Gasteiger partial charge in [-0.2, -0.15) is 4.98 Å². The molecule has 0 aromatic carbocycles. The van der Waals surface area contributed by atoms with E-state index in [0.29, 0.717) is 5.82 Å². The largest absolute Gasteiger partial charge is 0.384 e. The number of hydrogen-bond donors (Lipinski definition) is 2. The molecule has 0 fully saturated rings. The standard InChI is InChI=1S/C9H10N4S/c1-5-6(2-3-14-5)7-4-8(10)13-9(11)12-7/h2-4H,1H3,(H4,10,11,12,13). The molecule has 4 nitrogen and oxygen atoms in total. The Labute approximate surface area is 85.6 Å². The molecule has 0 spiro atoms. The normalized spacial score (nSPS) is 10.4. The number of rotatable bonds is 1. The highest BCUT2D eigenvalue weighted by atomic mass is 32.1. The van der Waals surface area contributed by atoms with Crippen LogP contribution in [0.1, 0.15) is 4.88 Å². The molecule has 0 aliphatic rings. The van der Waals surface area contributed by atoms with Crippen LogP contribution in [0.2, 0.25) is 0 Å². The van der Waals surface area contributed by atoms with E-state index in [4.69, 9.17) is 11.5 Å². The van der Waals surface area contributed by atoms with Crippen molar-refractivity contribution < 1.29 is 0 Å². The van der Waals surface area contributed by atoms with Crippen molar-refractivity contribution in [2.75, 3.05) is 11.5 Å². The Hall–Kier alpha value is -1.62. The zero-order valence-corrected chi connectivity index (χ0v) is 8.51. The lowest BCUT2D eigenvalue weighted by atomic mass is 10.2. The average molecular weight is 206 g/mol. The van der Waals surface area contributed by atoms with Crippen LogP contribution >= 0.6 is 11.3 Å². The molecule has 5 heteroatoms. The second-order valence-corrected chi connectivity index (χ2v) is 4.05. The van der Waals surface area contributed by atoms with Crippen LogP contribution in [0.4, 0.5) is 11.8 Å². The third kappa shape index (κ3) is 1.54. The minimum Gasteiger partial charge on any atom is -0.384 e. The van der Waals surface area contributed by atoms with Gasteiger partial charge in [0.25, 0.3) is 0 Å². The molecule has 0 radical (unpaired) electrons. The summed E-state index contributed by atoms with van der Waals surface area (Å²) in [4.78, 5) is 9.15. The number of aromatic nitrogens is 2. The highest BCUT2D eigenvalue weighted by Crippen LogP contribution is 2.26. The first-order chi connectivity index (χ1) is 6.66. The van der Waals surface area contributed by atoms with Crippen molar-refractivity contribution in [3.63, 3.8) is 0 Å². The number of nitrogens with two attached hydrogens (primary N) is 2. The molecule has 2 aromatic heterocycles. The van der Waals surface area contributed by atoms with Gasteiger partial charge < -0.3 is 11.5 Å². The predicted octanol–water partition coefficient (Wildman–Crippen LogP) is 1.68. The lowest BCUT2D eigenvalue weighted by Crippen LogP contribution is -2.00. The fraction of sp³-hybridized carbons (Fsp3) is 0.111. The maximum Gasteiger partial charge on any atom is 0.222 e. The van der Waals surface area contributed by atoms with E-state index in [0.717, 1.165) is 11.3 Å². The lowest BCUT2D eigenvalue weighted by molar-refractivity contribution is 1.20. The molecular weight excluding hydrogens is 196 g/mol. The Balaban J connectivity index is 2.57. The first kappa shape index (κ1) is 8.96. The second-order valence-electron chi connectivity index (χ2n) is 2.93. The van der Waals surface area contributed by atoms with Crippen molar-refractivity contribution in [1.29, 1.82) is 0 Å². The van der Waals surface area contributed by atoms with Gasteiger partial charge in [-0.3, -0.25) is 0 Å². The van der Waals surface area contributed by atoms with E-state index in [9.17, 15) is 0 Å². The molecule has 2 rings (SSSR count). The van der Waals surface area contributed by atoms with E-state index >= 15 is 0 Å². The minimum atomic E-state index is 0.214. The minimum absolute atomic E-state index is 0.214. The summed E-state index contributed by atoms with van der Waals surface area (Å²) >= 11 is 1.67. The number of anilines is 2. The Morgan fingerprint density at radius 1 is 1.29 bits per heavy atom. The number of aryl methyl sites for hydroxylation is 1. The zero-order valence-electron chi connectivity index (χ0n) is 7.69. The van der Waals surface area contributed by atoms with Crippen LogP contribution in [0.15, 0.2) is 17.5 Å². The van der Waals surface area contributed by atoms with Crippen LogP contribution in [-0.4, -0.2) is 9.97 Å². The quantitative estimate of drug-likeness (QED) is 0.744. The van der Waals surface area contributed by atoms with Crippen LogP contribution in [0.5, 0.6) is 0 Å². The Bertz CT molecular complexity index is 443. The van der Waals surface area contributed by atoms with Crippen LogP contribution in [0.25, 0.3) is 11.3 Å². The van der Waals surface area contributed by atoms with Gasteiger partial charge >= 0.3 is 0 Å². The monoisotopic (exact) mass is 206 g/mol. The van der Waals surface area contributed by atoms with Crippen LogP contribution in [-0.2, 0) is 0 Å². The summed E-state index contributed by atoms with van der Waals surface area (Å²) in [5.41, 5.74) is 13.0. The van der Waals surface area contributed by atoms with Gasteiger partial charge in [-0.05, 0) is 18.4 Å². The molecule has 2 aromatic rings. The fourth-order valence-corrected chi connectivity index (χ4v) is 1.98. The van der Waals surface area contributed by atoms with Gasteiger partial charge in [-0.25, -0.2) is 4.98 Å². The predicted molar refractivity (Wildman–Crippen MR) is 58.9 cm³/mol. The van der Waals surface area contributed by atoms with E-state index in [1.165, 1.54) is 4.88 Å². The molecule has 0 saturated heterocycles. The van der Waals surface area contributed by atoms with E-state index in [-0.39, 0.29) is 5.95 Å². The van der Waals surface area contributed by atoms with Crippen molar-refractivity contribution >= 4 is 23.1 Å². The van der Waals surface area contributed by atoms with E-state index in [2.05, 4.69) is 9.97 Å². The van der Waals surface area contributed by atoms with Crippen molar-refractivity contribution in [3.8, 4) is 11.3 Å². The summed E-state index contributed by atoms with van der Waals surface area (Å²) < 4.78 is 0. The third-order valence-corrected chi connectivity index (χ3v) is 2.74. The second kappa shape index (κ2) is 3.26. The maximum absolute atomic E-state index is 5.59. The van der Waals surface area contributed by atoms with Crippen LogP contribution in [0.3, 0.4) is 0 Å². The lowest BCUT2D eigenvalue weighted by Gasteiger charge is -2.01. The van der Waals surface area contributed by atoms with E-state index < -0.39 is 0 Å². The summed E-state index contributed by atoms with van der Waals surface area (Å²) in [6.07, 6.45) is 0. The molecule has 4 N–H and O–H groups in total. The van der Waals surface area contributed by atoms with Crippen LogP contribution in [0, 0.1) is 6.92 Å². The molecular formula is C9H10N4S. The number of hydrogen-bond acceptors (Lipinski definition) is 5. The molecule has 0 unspecified atom stereocenters. The summed E-state index contributed by atoms with van der Waals surface area (Å²) in [6, 6.07) is 3.73. The molecule has 0 aliphatic carbocycles. The molecule has 0 aliphatic heterocycles. The summed E-state index contributed by atoms with van der Waals surface area (Å²) in [6.45, 7) is 2.04.